The van der Waals surface area contributed by atoms with E-state index < -0.39 is 6.04 Å². The van der Waals surface area contributed by atoms with Crippen molar-refractivity contribution in [3.05, 3.63) is 35.9 Å². The number of amides is 2. The molecule has 0 aliphatic rings. The Labute approximate surface area is 159 Å². The summed E-state index contributed by atoms with van der Waals surface area (Å²) in [6.07, 6.45) is 1.42. The third kappa shape index (κ3) is 8.03. The molecule has 3 atom stereocenters. The molecule has 3 unspecified atom stereocenters. The number of nitrogens with one attached hydrogen (secondary N) is 2. The second-order valence-electron chi connectivity index (χ2n) is 9.00. The molecule has 1 aromatic rings. The molecule has 0 spiro atoms. The van der Waals surface area contributed by atoms with Crippen molar-refractivity contribution >= 4 is 11.8 Å². The molecule has 0 saturated heterocycles. The van der Waals surface area contributed by atoms with Crippen LogP contribution >= 0.6 is 0 Å². The number of carbonyl (C=O) groups excluding carboxylic acids is 2. The van der Waals surface area contributed by atoms with E-state index >= 15 is 0 Å². The van der Waals surface area contributed by atoms with Gasteiger partial charge in [0.2, 0.25) is 11.8 Å². The van der Waals surface area contributed by atoms with Crippen molar-refractivity contribution in [1.29, 1.82) is 0 Å². The number of carbonyl (C=O) groups is 2. The minimum atomic E-state index is -0.518. The van der Waals surface area contributed by atoms with Gasteiger partial charge in [0.05, 0.1) is 6.04 Å². The van der Waals surface area contributed by atoms with Crippen LogP contribution in [0, 0.1) is 17.3 Å². The van der Waals surface area contributed by atoms with Gasteiger partial charge in [0.15, 0.2) is 0 Å². The van der Waals surface area contributed by atoms with Crippen LogP contribution in [0.1, 0.15) is 72.9 Å². The largest absolute Gasteiger partial charge is 0.348 e. The molecule has 0 saturated carbocycles. The van der Waals surface area contributed by atoms with Crippen LogP contribution in [-0.2, 0) is 9.59 Å². The molecule has 0 radical (unpaired) electrons. The molecule has 0 aliphatic heterocycles. The Morgan fingerprint density at radius 1 is 0.962 bits per heavy atom. The lowest BCUT2D eigenvalue weighted by atomic mass is 9.84. The SMILES string of the molecule is CC(CC(=O)NC(C(=O)NC(C)c1ccccc1)C(C)C)CC(C)(C)C. The summed E-state index contributed by atoms with van der Waals surface area (Å²) in [5.41, 5.74) is 1.24. The highest BCUT2D eigenvalue weighted by Crippen LogP contribution is 2.26. The molecule has 1 rings (SSSR count). The van der Waals surface area contributed by atoms with Gasteiger partial charge in [0, 0.05) is 6.42 Å². The van der Waals surface area contributed by atoms with E-state index in [0.717, 1.165) is 12.0 Å². The van der Waals surface area contributed by atoms with E-state index in [1.807, 2.05) is 51.1 Å². The van der Waals surface area contributed by atoms with Gasteiger partial charge in [-0.05, 0) is 36.2 Å². The molecule has 26 heavy (non-hydrogen) atoms. The molecular weight excluding hydrogens is 324 g/mol. The van der Waals surface area contributed by atoms with E-state index in [0.29, 0.717) is 6.42 Å². The summed E-state index contributed by atoms with van der Waals surface area (Å²) in [5, 5.41) is 5.96. The predicted octanol–water partition coefficient (Wildman–Crippen LogP) is 4.47. The van der Waals surface area contributed by atoms with Gasteiger partial charge in [-0.25, -0.2) is 0 Å². The van der Waals surface area contributed by atoms with E-state index in [1.54, 1.807) is 0 Å². The first-order valence-corrected chi connectivity index (χ1v) is 9.64. The van der Waals surface area contributed by atoms with Gasteiger partial charge in [-0.1, -0.05) is 71.9 Å². The minimum absolute atomic E-state index is 0.0276. The molecule has 0 aromatic heterocycles. The van der Waals surface area contributed by atoms with Crippen LogP contribution in [0.5, 0.6) is 0 Å². The van der Waals surface area contributed by atoms with Gasteiger partial charge in [-0.2, -0.15) is 0 Å². The highest BCUT2D eigenvalue weighted by atomic mass is 16.2. The van der Waals surface area contributed by atoms with Gasteiger partial charge < -0.3 is 10.6 Å². The van der Waals surface area contributed by atoms with Gasteiger partial charge in [-0.15, -0.1) is 0 Å². The molecule has 0 fully saturated rings. The standard InChI is InChI=1S/C22H36N2O2/c1-15(2)20(24-19(25)13-16(3)14-22(5,6)7)21(26)23-17(4)18-11-9-8-10-12-18/h8-12,15-17,20H,13-14H2,1-7H3,(H,23,26)(H,24,25). The maximum Gasteiger partial charge on any atom is 0.243 e. The van der Waals surface area contributed by atoms with Crippen LogP contribution in [0.3, 0.4) is 0 Å². The number of rotatable bonds is 8. The molecule has 0 heterocycles. The lowest BCUT2D eigenvalue weighted by molar-refractivity contribution is -0.131. The zero-order valence-electron chi connectivity index (χ0n) is 17.4. The molecule has 146 valence electrons. The normalized spacial score (nSPS) is 15.2. The van der Waals surface area contributed by atoms with Crippen molar-refractivity contribution in [2.75, 3.05) is 0 Å². The molecule has 0 aliphatic carbocycles. The zero-order chi connectivity index (χ0) is 19.9. The first kappa shape index (κ1) is 22.2. The van der Waals surface area contributed by atoms with Crippen LogP contribution in [0.15, 0.2) is 30.3 Å². The van der Waals surface area contributed by atoms with Crippen molar-refractivity contribution in [2.45, 2.75) is 73.4 Å². The lowest BCUT2D eigenvalue weighted by Gasteiger charge is -2.26. The average Bonchev–Trinajstić information content (AvgIpc) is 2.51. The third-order valence-electron chi connectivity index (χ3n) is 4.42. The molecular formula is C22H36N2O2. The number of hydrogen-bond acceptors (Lipinski definition) is 2. The molecule has 2 N–H and O–H groups in total. The first-order chi connectivity index (χ1) is 12.0. The molecule has 1 aromatic carbocycles. The van der Waals surface area contributed by atoms with Crippen LogP contribution in [0.4, 0.5) is 0 Å². The monoisotopic (exact) mass is 360 g/mol. The summed E-state index contributed by atoms with van der Waals surface area (Å²) in [4.78, 5) is 25.1. The Morgan fingerprint density at radius 3 is 2.04 bits per heavy atom. The molecule has 0 bridgehead atoms. The summed E-state index contributed by atoms with van der Waals surface area (Å²) in [6, 6.07) is 9.22. The van der Waals surface area contributed by atoms with E-state index in [9.17, 15) is 9.59 Å². The Morgan fingerprint density at radius 2 is 1.54 bits per heavy atom. The Kier molecular flexibility index (Phi) is 8.32. The maximum absolute atomic E-state index is 12.7. The van der Waals surface area contributed by atoms with E-state index in [4.69, 9.17) is 0 Å². The Bertz CT molecular complexity index is 576. The fourth-order valence-corrected chi connectivity index (χ4v) is 3.33. The van der Waals surface area contributed by atoms with Gasteiger partial charge in [-0.3, -0.25) is 9.59 Å². The van der Waals surface area contributed by atoms with Crippen LogP contribution in [-0.4, -0.2) is 17.9 Å². The summed E-state index contributed by atoms with van der Waals surface area (Å²) in [6.45, 7) is 14.5. The second-order valence-corrected chi connectivity index (χ2v) is 9.00. The van der Waals surface area contributed by atoms with Crippen LogP contribution in [0.2, 0.25) is 0 Å². The van der Waals surface area contributed by atoms with E-state index in [-0.39, 0.29) is 35.1 Å². The molecule has 4 nitrogen and oxygen atoms in total. The highest BCUT2D eigenvalue weighted by molar-refractivity contribution is 5.88. The quantitative estimate of drug-likeness (QED) is 0.719. The van der Waals surface area contributed by atoms with Crippen molar-refractivity contribution in [2.24, 2.45) is 17.3 Å². The number of hydrogen-bond donors (Lipinski definition) is 2. The predicted molar refractivity (Wildman–Crippen MR) is 108 cm³/mol. The topological polar surface area (TPSA) is 58.2 Å². The molecule has 2 amide bonds. The van der Waals surface area contributed by atoms with Crippen LogP contribution in [0.25, 0.3) is 0 Å². The lowest BCUT2D eigenvalue weighted by Crippen LogP contribution is -2.50. The fraction of sp³-hybridized carbons (Fsp3) is 0.636. The number of benzene rings is 1. The Hall–Kier alpha value is -1.84. The van der Waals surface area contributed by atoms with Gasteiger partial charge in [0.25, 0.3) is 0 Å². The first-order valence-electron chi connectivity index (χ1n) is 9.64. The van der Waals surface area contributed by atoms with Gasteiger partial charge in [0.1, 0.15) is 6.04 Å². The Balaban J connectivity index is 2.64. The summed E-state index contributed by atoms with van der Waals surface area (Å²) in [7, 11) is 0. The van der Waals surface area contributed by atoms with Gasteiger partial charge >= 0.3 is 0 Å². The third-order valence-corrected chi connectivity index (χ3v) is 4.42. The van der Waals surface area contributed by atoms with Crippen molar-refractivity contribution < 1.29 is 9.59 Å². The summed E-state index contributed by atoms with van der Waals surface area (Å²) < 4.78 is 0. The van der Waals surface area contributed by atoms with E-state index in [1.165, 1.54) is 0 Å². The maximum atomic E-state index is 12.7. The van der Waals surface area contributed by atoms with Crippen molar-refractivity contribution in [3.8, 4) is 0 Å². The summed E-state index contributed by atoms with van der Waals surface area (Å²) >= 11 is 0. The van der Waals surface area contributed by atoms with Crippen LogP contribution < -0.4 is 10.6 Å². The smallest absolute Gasteiger partial charge is 0.243 e. The average molecular weight is 361 g/mol. The zero-order valence-corrected chi connectivity index (χ0v) is 17.4. The second kappa shape index (κ2) is 9.75. The minimum Gasteiger partial charge on any atom is -0.348 e. The van der Waals surface area contributed by atoms with Crippen molar-refractivity contribution in [1.82, 2.24) is 10.6 Å². The van der Waals surface area contributed by atoms with Crippen molar-refractivity contribution in [3.63, 3.8) is 0 Å². The highest BCUT2D eigenvalue weighted by Gasteiger charge is 2.26. The van der Waals surface area contributed by atoms with E-state index in [2.05, 4.69) is 38.3 Å². The fourth-order valence-electron chi connectivity index (χ4n) is 3.33. The molecule has 4 heteroatoms. The summed E-state index contributed by atoms with van der Waals surface area (Å²) in [5.74, 6) is 0.130.